The van der Waals surface area contributed by atoms with Crippen LogP contribution in [0.4, 0.5) is 13.2 Å². The van der Waals surface area contributed by atoms with Gasteiger partial charge in [0.25, 0.3) is 5.91 Å². The summed E-state index contributed by atoms with van der Waals surface area (Å²) in [5, 5.41) is 9.12. The first-order chi connectivity index (χ1) is 13.6. The first kappa shape index (κ1) is 20.7. The molecule has 29 heavy (non-hydrogen) atoms. The molecule has 0 aliphatic carbocycles. The molecule has 0 amide bonds. The third kappa shape index (κ3) is 4.07. The van der Waals surface area contributed by atoms with Gasteiger partial charge in [-0.05, 0) is 48.9 Å². The fourth-order valence-electron chi connectivity index (χ4n) is 3.18. The summed E-state index contributed by atoms with van der Waals surface area (Å²) in [6, 6.07) is 9.67. The molecule has 0 unspecified atom stereocenters. The Hall–Kier alpha value is -3.00. The fraction of sp³-hybridized carbons (Fsp3) is 0.200. The van der Waals surface area contributed by atoms with Crippen LogP contribution in [-0.2, 0) is 17.4 Å². The highest BCUT2D eigenvalue weighted by atomic mass is 35.5. The van der Waals surface area contributed by atoms with Gasteiger partial charge in [0.05, 0.1) is 24.6 Å². The van der Waals surface area contributed by atoms with Gasteiger partial charge in [-0.25, -0.2) is 0 Å². The predicted octanol–water partition coefficient (Wildman–Crippen LogP) is 5.03. The summed E-state index contributed by atoms with van der Waals surface area (Å²) in [5.41, 5.74) is -1.33. The highest BCUT2D eigenvalue weighted by Crippen LogP contribution is 2.41. The molecule has 0 saturated carbocycles. The SMILES string of the molecule is COc1ccc2c(c1)c(C(F)(F)F)c(CCC(=O)O)n2C(=O)c1ccc(Cl)cc1. The number of carbonyl (C=O) groups is 2. The Kier molecular flexibility index (Phi) is 5.57. The molecule has 0 saturated heterocycles. The summed E-state index contributed by atoms with van der Waals surface area (Å²) in [6.07, 6.45) is -5.84. The highest BCUT2D eigenvalue weighted by molar-refractivity contribution is 6.30. The number of hydrogen-bond acceptors (Lipinski definition) is 3. The molecule has 0 radical (unpaired) electrons. The molecule has 3 rings (SSSR count). The Labute approximate surface area is 168 Å². The van der Waals surface area contributed by atoms with Crippen LogP contribution in [-0.4, -0.2) is 28.7 Å². The van der Waals surface area contributed by atoms with Gasteiger partial charge in [0.1, 0.15) is 5.75 Å². The van der Waals surface area contributed by atoms with E-state index in [1.54, 1.807) is 0 Å². The highest BCUT2D eigenvalue weighted by Gasteiger charge is 2.39. The van der Waals surface area contributed by atoms with Crippen molar-refractivity contribution in [2.75, 3.05) is 7.11 Å². The Bertz CT molecular complexity index is 1090. The van der Waals surface area contributed by atoms with E-state index < -0.39 is 42.2 Å². The largest absolute Gasteiger partial charge is 0.497 e. The second-order valence-electron chi connectivity index (χ2n) is 6.24. The zero-order valence-electron chi connectivity index (χ0n) is 15.1. The van der Waals surface area contributed by atoms with E-state index in [1.807, 2.05) is 0 Å². The number of halogens is 4. The summed E-state index contributed by atoms with van der Waals surface area (Å²) in [5.74, 6) is -1.80. The van der Waals surface area contributed by atoms with Crippen LogP contribution in [0.25, 0.3) is 10.9 Å². The molecule has 1 heterocycles. The predicted molar refractivity (Wildman–Crippen MR) is 101 cm³/mol. The van der Waals surface area contributed by atoms with Crippen molar-refractivity contribution in [3.8, 4) is 5.75 Å². The maximum Gasteiger partial charge on any atom is 0.418 e. The molecule has 1 N–H and O–H groups in total. The summed E-state index contributed by atoms with van der Waals surface area (Å²) >= 11 is 5.82. The van der Waals surface area contributed by atoms with E-state index in [2.05, 4.69) is 0 Å². The summed E-state index contributed by atoms with van der Waals surface area (Å²) in [7, 11) is 1.32. The molecule has 1 aromatic heterocycles. The average Bonchev–Trinajstić information content (AvgIpc) is 2.99. The maximum atomic E-state index is 13.9. The van der Waals surface area contributed by atoms with Gasteiger partial charge in [-0.1, -0.05) is 11.6 Å². The standard InChI is InChI=1S/C20H15ClF3NO4/c1-29-13-6-7-15-14(10-13)18(20(22,23)24)16(8-9-17(26)27)25(15)19(28)11-2-4-12(21)5-3-11/h2-7,10H,8-9H2,1H3,(H,26,27). The summed E-state index contributed by atoms with van der Waals surface area (Å²) in [6.45, 7) is 0. The van der Waals surface area contributed by atoms with Crippen LogP contribution in [0.15, 0.2) is 42.5 Å². The number of carboxylic acid groups (broad SMARTS) is 1. The number of aromatic nitrogens is 1. The summed E-state index contributed by atoms with van der Waals surface area (Å²) in [4.78, 5) is 24.1. The third-order valence-corrected chi connectivity index (χ3v) is 4.68. The van der Waals surface area contributed by atoms with Crippen LogP contribution in [0.5, 0.6) is 5.75 Å². The second kappa shape index (κ2) is 7.79. The van der Waals surface area contributed by atoms with E-state index in [1.165, 1.54) is 49.6 Å². The first-order valence-electron chi connectivity index (χ1n) is 8.44. The van der Waals surface area contributed by atoms with Crippen LogP contribution in [0, 0.1) is 0 Å². The lowest BCUT2D eigenvalue weighted by atomic mass is 10.1. The van der Waals surface area contributed by atoms with Crippen LogP contribution < -0.4 is 4.74 Å². The van der Waals surface area contributed by atoms with Gasteiger partial charge in [-0.3, -0.25) is 14.2 Å². The molecule has 0 bridgehead atoms. The number of carbonyl (C=O) groups excluding carboxylic acids is 1. The number of ether oxygens (including phenoxy) is 1. The monoisotopic (exact) mass is 425 g/mol. The van der Waals surface area contributed by atoms with Crippen molar-refractivity contribution in [3.63, 3.8) is 0 Å². The number of benzene rings is 2. The van der Waals surface area contributed by atoms with Crippen LogP contribution in [0.2, 0.25) is 5.02 Å². The zero-order chi connectivity index (χ0) is 21.3. The third-order valence-electron chi connectivity index (χ3n) is 4.43. The number of hydrogen-bond donors (Lipinski definition) is 1. The zero-order valence-corrected chi connectivity index (χ0v) is 15.8. The molecule has 5 nitrogen and oxygen atoms in total. The van der Waals surface area contributed by atoms with Gasteiger partial charge in [-0.15, -0.1) is 0 Å². The smallest absolute Gasteiger partial charge is 0.418 e. The Morgan fingerprint density at radius 1 is 1.14 bits per heavy atom. The second-order valence-corrected chi connectivity index (χ2v) is 6.68. The quantitative estimate of drug-likeness (QED) is 0.622. The van der Waals surface area contributed by atoms with Crippen molar-refractivity contribution in [2.45, 2.75) is 19.0 Å². The molecule has 0 atom stereocenters. The molecule has 0 spiro atoms. The van der Waals surface area contributed by atoms with Crippen molar-refractivity contribution in [1.29, 1.82) is 0 Å². The molecule has 0 aliphatic heterocycles. The number of nitrogens with zero attached hydrogens (tertiary/aromatic N) is 1. The first-order valence-corrected chi connectivity index (χ1v) is 8.82. The lowest BCUT2D eigenvalue weighted by Gasteiger charge is -2.12. The molecular formula is C20H15ClF3NO4. The van der Waals surface area contributed by atoms with E-state index in [0.717, 1.165) is 4.57 Å². The van der Waals surface area contributed by atoms with Gasteiger partial charge < -0.3 is 9.84 Å². The van der Waals surface area contributed by atoms with Crippen molar-refractivity contribution in [1.82, 2.24) is 4.57 Å². The lowest BCUT2D eigenvalue weighted by Crippen LogP contribution is -2.18. The number of fused-ring (bicyclic) bond motifs is 1. The van der Waals surface area contributed by atoms with Crippen LogP contribution >= 0.6 is 11.6 Å². The molecule has 2 aromatic carbocycles. The number of aliphatic carboxylic acids is 1. The normalized spacial score (nSPS) is 11.6. The average molecular weight is 426 g/mol. The van der Waals surface area contributed by atoms with E-state index in [4.69, 9.17) is 21.4 Å². The van der Waals surface area contributed by atoms with Gasteiger partial charge >= 0.3 is 12.1 Å². The summed E-state index contributed by atoms with van der Waals surface area (Å²) < 4.78 is 47.8. The van der Waals surface area contributed by atoms with E-state index >= 15 is 0 Å². The van der Waals surface area contributed by atoms with Crippen LogP contribution in [0.3, 0.4) is 0 Å². The van der Waals surface area contributed by atoms with Gasteiger partial charge in [0.2, 0.25) is 0 Å². The lowest BCUT2D eigenvalue weighted by molar-refractivity contribution is -0.139. The molecular weight excluding hydrogens is 411 g/mol. The number of carboxylic acids is 1. The van der Waals surface area contributed by atoms with Crippen molar-refractivity contribution in [2.24, 2.45) is 0 Å². The van der Waals surface area contributed by atoms with E-state index in [9.17, 15) is 22.8 Å². The van der Waals surface area contributed by atoms with Crippen molar-refractivity contribution in [3.05, 3.63) is 64.3 Å². The van der Waals surface area contributed by atoms with Crippen molar-refractivity contribution < 1.29 is 32.6 Å². The van der Waals surface area contributed by atoms with E-state index in [0.29, 0.717) is 5.02 Å². The minimum atomic E-state index is -4.80. The molecule has 0 aliphatic rings. The molecule has 152 valence electrons. The Morgan fingerprint density at radius 3 is 2.34 bits per heavy atom. The number of alkyl halides is 3. The minimum absolute atomic E-state index is 0.0125. The molecule has 0 fully saturated rings. The fourth-order valence-corrected chi connectivity index (χ4v) is 3.31. The number of methoxy groups -OCH3 is 1. The maximum absolute atomic E-state index is 13.9. The van der Waals surface area contributed by atoms with Gasteiger partial charge in [0, 0.05) is 21.7 Å². The van der Waals surface area contributed by atoms with Gasteiger partial charge in [0.15, 0.2) is 0 Å². The Morgan fingerprint density at radius 2 is 1.79 bits per heavy atom. The minimum Gasteiger partial charge on any atom is -0.497 e. The van der Waals surface area contributed by atoms with Crippen molar-refractivity contribution >= 4 is 34.4 Å². The topological polar surface area (TPSA) is 68.5 Å². The molecule has 3 aromatic rings. The molecule has 9 heteroatoms. The van der Waals surface area contributed by atoms with Crippen LogP contribution in [0.1, 0.15) is 28.0 Å². The van der Waals surface area contributed by atoms with Gasteiger partial charge in [-0.2, -0.15) is 13.2 Å². The Balaban J connectivity index is 2.33. The number of rotatable bonds is 5. The van der Waals surface area contributed by atoms with E-state index in [-0.39, 0.29) is 22.2 Å².